The van der Waals surface area contributed by atoms with Crippen molar-refractivity contribution in [3.05, 3.63) is 0 Å². The topological polar surface area (TPSA) is 142 Å². The Balaban J connectivity index is 2.70. The summed E-state index contributed by atoms with van der Waals surface area (Å²) < 4.78 is 0. The fourth-order valence-electron chi connectivity index (χ4n) is 2.95. The van der Waals surface area contributed by atoms with E-state index in [1.807, 2.05) is 27.7 Å². The second kappa shape index (κ2) is 10.2. The van der Waals surface area contributed by atoms with Gasteiger partial charge in [-0.15, -0.1) is 0 Å². The third-order valence-corrected chi connectivity index (χ3v) is 5.09. The van der Waals surface area contributed by atoms with E-state index in [1.165, 1.54) is 4.90 Å². The Hall–Kier alpha value is -2.16. The summed E-state index contributed by atoms with van der Waals surface area (Å²) in [5.74, 6) is -2.60. The van der Waals surface area contributed by atoms with Gasteiger partial charge in [-0.25, -0.2) is 4.79 Å². The van der Waals surface area contributed by atoms with Gasteiger partial charge in [-0.1, -0.05) is 34.1 Å². The maximum absolute atomic E-state index is 12.6. The number of hydrogen-bond donors (Lipinski definition) is 4. The number of nitrogens with zero attached hydrogens (tertiary/aromatic N) is 1. The Labute approximate surface area is 160 Å². The van der Waals surface area contributed by atoms with Gasteiger partial charge < -0.3 is 26.4 Å². The summed E-state index contributed by atoms with van der Waals surface area (Å²) in [6, 6.07) is -2.38. The van der Waals surface area contributed by atoms with Crippen LogP contribution in [-0.2, 0) is 19.2 Å². The molecule has 0 aromatic carbocycles. The molecule has 1 fully saturated rings. The summed E-state index contributed by atoms with van der Waals surface area (Å²) in [6.07, 6.45) is 1.68. The number of likely N-dealkylation sites (tertiary alicyclic amines) is 1. The molecule has 3 amide bonds. The largest absolute Gasteiger partial charge is 0.480 e. The molecular formula is C18H32N4O5. The van der Waals surface area contributed by atoms with Crippen LogP contribution < -0.4 is 16.4 Å². The van der Waals surface area contributed by atoms with Crippen LogP contribution in [-0.4, -0.2) is 64.9 Å². The third-order valence-electron chi connectivity index (χ3n) is 5.09. The molecular weight excluding hydrogens is 352 g/mol. The molecule has 1 aliphatic heterocycles. The molecule has 4 unspecified atom stereocenters. The number of amides is 3. The lowest BCUT2D eigenvalue weighted by molar-refractivity contribution is -0.148. The minimum atomic E-state index is -1.04. The van der Waals surface area contributed by atoms with Gasteiger partial charge in [0.2, 0.25) is 17.7 Å². The van der Waals surface area contributed by atoms with Crippen molar-refractivity contribution in [3.8, 4) is 0 Å². The summed E-state index contributed by atoms with van der Waals surface area (Å²) in [6.45, 7) is 7.41. The predicted molar refractivity (Wildman–Crippen MR) is 99.6 cm³/mol. The molecule has 4 atom stereocenters. The first-order valence-electron chi connectivity index (χ1n) is 9.46. The van der Waals surface area contributed by atoms with Gasteiger partial charge in [-0.05, 0) is 24.7 Å². The first-order valence-corrected chi connectivity index (χ1v) is 9.46. The number of rotatable bonds is 9. The maximum atomic E-state index is 12.6. The minimum absolute atomic E-state index is 0.0738. The van der Waals surface area contributed by atoms with Crippen LogP contribution in [0.4, 0.5) is 0 Å². The quantitative estimate of drug-likeness (QED) is 0.430. The van der Waals surface area contributed by atoms with Crippen molar-refractivity contribution < 1.29 is 24.3 Å². The number of hydrogen-bond acceptors (Lipinski definition) is 5. The van der Waals surface area contributed by atoms with Crippen LogP contribution in [0, 0.1) is 11.8 Å². The highest BCUT2D eigenvalue weighted by atomic mass is 16.4. The minimum Gasteiger partial charge on any atom is -0.480 e. The Morgan fingerprint density at radius 3 is 2.33 bits per heavy atom. The van der Waals surface area contributed by atoms with Crippen LogP contribution in [0.15, 0.2) is 0 Å². The number of nitrogens with one attached hydrogen (secondary N) is 2. The molecule has 0 saturated carbocycles. The fraction of sp³-hybridized carbons (Fsp3) is 0.778. The van der Waals surface area contributed by atoms with Gasteiger partial charge in [0.25, 0.3) is 0 Å². The molecule has 27 heavy (non-hydrogen) atoms. The summed E-state index contributed by atoms with van der Waals surface area (Å²) in [7, 11) is 0. The second-order valence-electron chi connectivity index (χ2n) is 7.44. The van der Waals surface area contributed by atoms with E-state index in [2.05, 4.69) is 10.6 Å². The number of carboxylic acids is 1. The van der Waals surface area contributed by atoms with Gasteiger partial charge in [0.05, 0.1) is 12.6 Å². The van der Waals surface area contributed by atoms with E-state index < -0.39 is 41.8 Å². The van der Waals surface area contributed by atoms with Crippen LogP contribution in [0.25, 0.3) is 0 Å². The highest BCUT2D eigenvalue weighted by Crippen LogP contribution is 2.17. The van der Waals surface area contributed by atoms with E-state index in [4.69, 9.17) is 10.8 Å². The average molecular weight is 384 g/mol. The normalized spacial score (nSPS) is 20.1. The third kappa shape index (κ3) is 6.20. The van der Waals surface area contributed by atoms with E-state index in [1.54, 1.807) is 0 Å². The van der Waals surface area contributed by atoms with Crippen molar-refractivity contribution in [2.45, 2.75) is 65.1 Å². The molecule has 0 spiro atoms. The second-order valence-corrected chi connectivity index (χ2v) is 7.44. The lowest BCUT2D eigenvalue weighted by Crippen LogP contribution is -2.56. The lowest BCUT2D eigenvalue weighted by Gasteiger charge is -2.27. The summed E-state index contributed by atoms with van der Waals surface area (Å²) in [4.78, 5) is 49.5. The summed E-state index contributed by atoms with van der Waals surface area (Å²) in [5.41, 5.74) is 5.84. The molecule has 1 aliphatic rings. The molecule has 9 heteroatoms. The zero-order chi connectivity index (χ0) is 20.7. The molecule has 0 aromatic heterocycles. The number of carboxylic acid groups (broad SMARTS) is 1. The molecule has 1 saturated heterocycles. The molecule has 0 aromatic rings. The molecule has 0 bridgehead atoms. The first kappa shape index (κ1) is 22.9. The van der Waals surface area contributed by atoms with Crippen molar-refractivity contribution >= 4 is 23.7 Å². The van der Waals surface area contributed by atoms with Crippen LogP contribution >= 0.6 is 0 Å². The fourth-order valence-corrected chi connectivity index (χ4v) is 2.95. The highest BCUT2D eigenvalue weighted by molar-refractivity contribution is 5.93. The van der Waals surface area contributed by atoms with Crippen molar-refractivity contribution in [1.82, 2.24) is 15.5 Å². The smallest absolute Gasteiger partial charge is 0.326 e. The summed E-state index contributed by atoms with van der Waals surface area (Å²) >= 11 is 0. The molecule has 0 radical (unpaired) electrons. The Bertz CT molecular complexity index is 566. The monoisotopic (exact) mass is 384 g/mol. The number of aliphatic carboxylic acids is 1. The van der Waals surface area contributed by atoms with E-state index in [9.17, 15) is 19.2 Å². The van der Waals surface area contributed by atoms with Gasteiger partial charge in [0, 0.05) is 6.54 Å². The van der Waals surface area contributed by atoms with Crippen molar-refractivity contribution in [3.63, 3.8) is 0 Å². The van der Waals surface area contributed by atoms with E-state index in [-0.39, 0.29) is 18.4 Å². The van der Waals surface area contributed by atoms with Gasteiger partial charge >= 0.3 is 5.97 Å². The molecule has 1 rings (SSSR count). The Morgan fingerprint density at radius 2 is 1.81 bits per heavy atom. The van der Waals surface area contributed by atoms with Gasteiger partial charge in [-0.3, -0.25) is 14.4 Å². The van der Waals surface area contributed by atoms with E-state index >= 15 is 0 Å². The van der Waals surface area contributed by atoms with Crippen LogP contribution in [0.5, 0.6) is 0 Å². The van der Waals surface area contributed by atoms with Crippen LogP contribution in [0.1, 0.15) is 47.0 Å². The maximum Gasteiger partial charge on any atom is 0.326 e. The van der Waals surface area contributed by atoms with Gasteiger partial charge in [-0.2, -0.15) is 0 Å². The molecule has 154 valence electrons. The zero-order valence-corrected chi connectivity index (χ0v) is 16.5. The number of carbonyl (C=O) groups excluding carboxylic acids is 3. The molecule has 9 nitrogen and oxygen atoms in total. The molecule has 5 N–H and O–H groups in total. The van der Waals surface area contributed by atoms with E-state index in [0.29, 0.717) is 25.8 Å². The Kier molecular flexibility index (Phi) is 8.68. The first-order chi connectivity index (χ1) is 12.6. The highest BCUT2D eigenvalue weighted by Gasteiger charge is 2.34. The van der Waals surface area contributed by atoms with Crippen LogP contribution in [0.3, 0.4) is 0 Å². The van der Waals surface area contributed by atoms with Crippen LogP contribution in [0.2, 0.25) is 0 Å². The zero-order valence-electron chi connectivity index (χ0n) is 16.5. The predicted octanol–water partition coefficient (Wildman–Crippen LogP) is -0.308. The van der Waals surface area contributed by atoms with Crippen molar-refractivity contribution in [2.24, 2.45) is 17.6 Å². The van der Waals surface area contributed by atoms with Crippen molar-refractivity contribution in [1.29, 1.82) is 0 Å². The Morgan fingerprint density at radius 1 is 1.19 bits per heavy atom. The van der Waals surface area contributed by atoms with Gasteiger partial charge in [0.1, 0.15) is 12.1 Å². The average Bonchev–Trinajstić information content (AvgIpc) is 3.12. The number of carbonyl (C=O) groups is 4. The molecule has 1 heterocycles. The van der Waals surface area contributed by atoms with Crippen molar-refractivity contribution in [2.75, 3.05) is 13.1 Å². The number of nitrogens with two attached hydrogens (primary N) is 1. The molecule has 0 aliphatic carbocycles. The summed E-state index contributed by atoms with van der Waals surface area (Å²) in [5, 5.41) is 14.4. The van der Waals surface area contributed by atoms with Gasteiger partial charge in [0.15, 0.2) is 0 Å². The SMILES string of the molecule is CCC(C)C(NC(=O)C(N)C(C)C)C(=O)NCC(=O)N1CCCC1C(=O)O. The van der Waals surface area contributed by atoms with E-state index in [0.717, 1.165) is 0 Å². The lowest BCUT2D eigenvalue weighted by atomic mass is 9.96. The standard InChI is InChI=1S/C18H32N4O5/c1-5-11(4)15(21-16(24)14(19)10(2)3)17(25)20-9-13(23)22-8-6-7-12(22)18(26)27/h10-12,14-15H,5-9,19H2,1-4H3,(H,20,25)(H,21,24)(H,26,27).